The van der Waals surface area contributed by atoms with Crippen molar-refractivity contribution in [1.29, 1.82) is 0 Å². The normalized spacial score (nSPS) is 32.1. The SMILES string of the molecule is CS(=O)(=O)[NH+]1CCC[C@@H]2CN3CCc4cc5c(cc4[C@@H]3C[C@@H]21)OCO5.CS(=O)(=O)[NH+]1CCC[C@@H]2CN3CCc4cc5c(cc4[C@@H]3C[C@@H]21)OCO5.O=S(=O)([O-])[O-]. The van der Waals surface area contributed by atoms with Gasteiger partial charge in [0, 0.05) is 73.3 Å². The summed E-state index contributed by atoms with van der Waals surface area (Å²) in [7, 11) is -11.3. The molecule has 2 N–H and O–H groups in total. The highest BCUT2D eigenvalue weighted by Crippen LogP contribution is 2.46. The van der Waals surface area contributed by atoms with Gasteiger partial charge in [-0.25, -0.2) is 8.61 Å². The fraction of sp³-hybridized carbons (Fsp3) is 0.667. The average molecular weight is 827 g/mol. The summed E-state index contributed by atoms with van der Waals surface area (Å²) in [6, 6.07) is 9.55. The predicted molar refractivity (Wildman–Crippen MR) is 195 cm³/mol. The lowest BCUT2D eigenvalue weighted by Gasteiger charge is -2.49. The quantitative estimate of drug-likeness (QED) is 0.286. The van der Waals surface area contributed by atoms with E-state index >= 15 is 0 Å². The molecule has 0 spiro atoms. The molecule has 0 saturated carbocycles. The lowest BCUT2D eigenvalue weighted by atomic mass is 9.77. The molecule has 0 radical (unpaired) electrons. The molecule has 10 rings (SSSR count). The zero-order valence-corrected chi connectivity index (χ0v) is 33.6. The van der Waals surface area contributed by atoms with Crippen molar-refractivity contribution >= 4 is 30.4 Å². The Kier molecular flexibility index (Phi) is 10.6. The first kappa shape index (κ1) is 39.1. The molecule has 4 saturated heterocycles. The van der Waals surface area contributed by atoms with Crippen molar-refractivity contribution in [1.82, 2.24) is 9.80 Å². The number of hydrogen-bond acceptors (Lipinski definition) is 14. The highest BCUT2D eigenvalue weighted by molar-refractivity contribution is 7.84. The summed E-state index contributed by atoms with van der Waals surface area (Å²) < 4.78 is 107. The molecule has 0 amide bonds. The highest BCUT2D eigenvalue weighted by atomic mass is 32.3. The molecule has 8 heterocycles. The Labute approximate surface area is 323 Å². The molecule has 8 aliphatic heterocycles. The van der Waals surface area contributed by atoms with Crippen LogP contribution in [0.1, 0.15) is 72.9 Å². The van der Waals surface area contributed by atoms with E-state index < -0.39 is 30.4 Å². The maximum atomic E-state index is 12.3. The van der Waals surface area contributed by atoms with Crippen LogP contribution in [-0.2, 0) is 43.3 Å². The third-order valence-corrected chi connectivity index (χ3v) is 15.9. The third kappa shape index (κ3) is 8.18. The summed E-state index contributed by atoms with van der Waals surface area (Å²) in [5, 5.41) is 0. The summed E-state index contributed by atoms with van der Waals surface area (Å²) >= 11 is 0. The van der Waals surface area contributed by atoms with Crippen molar-refractivity contribution in [3.8, 4) is 23.0 Å². The minimum atomic E-state index is -5.17. The number of benzene rings is 2. The number of ether oxygens (including phenoxy) is 4. The highest BCUT2D eigenvalue weighted by Gasteiger charge is 2.49. The van der Waals surface area contributed by atoms with Crippen LogP contribution in [0.2, 0.25) is 0 Å². The Hall–Kier alpha value is -2.75. The lowest BCUT2D eigenvalue weighted by molar-refractivity contribution is -0.812. The van der Waals surface area contributed by atoms with E-state index in [1.807, 2.05) is 0 Å². The van der Waals surface area contributed by atoms with Crippen molar-refractivity contribution in [3.05, 3.63) is 46.5 Å². The number of fused-ring (bicyclic) bond motifs is 10. The average Bonchev–Trinajstić information content (AvgIpc) is 3.78. The summed E-state index contributed by atoms with van der Waals surface area (Å²) in [4.78, 5) is 5.13. The first-order chi connectivity index (χ1) is 26.0. The Bertz CT molecular complexity index is 1990. The summed E-state index contributed by atoms with van der Waals surface area (Å²) in [5.41, 5.74) is 5.29. The van der Waals surface area contributed by atoms with Gasteiger partial charge in [-0.3, -0.25) is 18.2 Å². The fourth-order valence-electron chi connectivity index (χ4n) is 10.7. The molecule has 4 fully saturated rings. The number of nitrogens with zero attached hydrogens (tertiary/aromatic N) is 2. The molecular formula is C36H50N4O12S3. The minimum absolute atomic E-state index is 0.210. The van der Waals surface area contributed by atoms with E-state index in [1.54, 1.807) is 0 Å². The van der Waals surface area contributed by atoms with Crippen LogP contribution in [0.5, 0.6) is 23.0 Å². The van der Waals surface area contributed by atoms with Gasteiger partial charge in [0.25, 0.3) is 20.0 Å². The summed E-state index contributed by atoms with van der Waals surface area (Å²) in [6.45, 7) is 6.22. The lowest BCUT2D eigenvalue weighted by Crippen LogP contribution is -3.19. The molecule has 2 aromatic rings. The van der Waals surface area contributed by atoms with Crippen molar-refractivity contribution in [3.63, 3.8) is 0 Å². The molecule has 0 aromatic heterocycles. The van der Waals surface area contributed by atoms with Gasteiger partial charge in [-0.05, 0) is 85.0 Å². The zero-order valence-electron chi connectivity index (χ0n) is 31.1. The molecular weight excluding hydrogens is 777 g/mol. The van der Waals surface area contributed by atoms with Gasteiger partial charge in [0.2, 0.25) is 13.6 Å². The Balaban J connectivity index is 0.000000139. The number of hydrogen-bond donors (Lipinski definition) is 2. The van der Waals surface area contributed by atoms with Crippen molar-refractivity contribution in [2.75, 3.05) is 65.4 Å². The maximum absolute atomic E-state index is 12.3. The van der Waals surface area contributed by atoms with Gasteiger partial charge >= 0.3 is 0 Å². The number of nitrogens with one attached hydrogen (secondary N) is 2. The minimum Gasteiger partial charge on any atom is -0.759 e. The first-order valence-electron chi connectivity index (χ1n) is 19.1. The molecule has 2 aromatic carbocycles. The second-order valence-electron chi connectivity index (χ2n) is 16.2. The van der Waals surface area contributed by atoms with Gasteiger partial charge in [0.05, 0.1) is 25.6 Å². The fourth-order valence-corrected chi connectivity index (χ4v) is 13.4. The van der Waals surface area contributed by atoms with E-state index in [-0.39, 0.29) is 12.1 Å². The van der Waals surface area contributed by atoms with Gasteiger partial charge in [0.15, 0.2) is 23.0 Å². The van der Waals surface area contributed by atoms with Gasteiger partial charge in [0.1, 0.15) is 12.1 Å². The van der Waals surface area contributed by atoms with Gasteiger partial charge in [-0.2, -0.15) is 16.8 Å². The standard InChI is InChI=1S/2C18H24N2O4S.H2O4S/c2*1-25(21,22)20-5-2-3-13-10-19-6-4-12-7-17-18(24-11-23-17)8-14(12)16(19)9-15(13)20;1-5(2,3)4/h2*7-8,13,15-16H,2-6,9-11H2,1H3;(H2,1,2,3,4)/t2*13-,15+,16+;/m11./s1. The van der Waals surface area contributed by atoms with Gasteiger partial charge < -0.3 is 28.1 Å². The molecule has 8 aliphatic rings. The molecule has 2 unspecified atom stereocenters. The van der Waals surface area contributed by atoms with E-state index in [2.05, 4.69) is 34.1 Å². The maximum Gasteiger partial charge on any atom is 0.292 e. The van der Waals surface area contributed by atoms with E-state index in [4.69, 9.17) is 36.5 Å². The van der Waals surface area contributed by atoms with Crippen molar-refractivity contribution < 1.29 is 61.9 Å². The number of piperidine rings is 4. The van der Waals surface area contributed by atoms with Crippen LogP contribution in [0.4, 0.5) is 0 Å². The van der Waals surface area contributed by atoms with Crippen LogP contribution in [-0.4, -0.2) is 122 Å². The van der Waals surface area contributed by atoms with Crippen LogP contribution < -0.4 is 27.6 Å². The van der Waals surface area contributed by atoms with Gasteiger partial charge in [-0.1, -0.05) is 0 Å². The van der Waals surface area contributed by atoms with E-state index in [0.717, 1.165) is 122 Å². The van der Waals surface area contributed by atoms with Crippen LogP contribution in [0.25, 0.3) is 0 Å². The monoisotopic (exact) mass is 826 g/mol. The largest absolute Gasteiger partial charge is 0.759 e. The Morgan fingerprint density at radius 2 is 0.982 bits per heavy atom. The number of rotatable bonds is 2. The molecule has 0 bridgehead atoms. The second kappa shape index (κ2) is 14.9. The Morgan fingerprint density at radius 1 is 0.618 bits per heavy atom. The molecule has 304 valence electrons. The second-order valence-corrected chi connectivity index (χ2v) is 21.2. The van der Waals surface area contributed by atoms with Gasteiger partial charge in [-0.15, -0.1) is 0 Å². The molecule has 55 heavy (non-hydrogen) atoms. The van der Waals surface area contributed by atoms with Crippen molar-refractivity contribution in [2.24, 2.45) is 11.8 Å². The predicted octanol–water partition coefficient (Wildman–Crippen LogP) is -0.655. The summed E-state index contributed by atoms with van der Waals surface area (Å²) in [6.07, 6.45) is 11.0. The molecule has 0 aliphatic carbocycles. The summed E-state index contributed by atoms with van der Waals surface area (Å²) in [5.74, 6) is 4.34. The van der Waals surface area contributed by atoms with E-state index in [1.165, 1.54) is 34.8 Å². The van der Waals surface area contributed by atoms with Crippen LogP contribution in [0.3, 0.4) is 0 Å². The van der Waals surface area contributed by atoms with Crippen LogP contribution in [0, 0.1) is 11.8 Å². The van der Waals surface area contributed by atoms with Crippen LogP contribution in [0.15, 0.2) is 24.3 Å². The third-order valence-electron chi connectivity index (χ3n) is 13.0. The number of sulfonamides is 2. The Morgan fingerprint density at radius 3 is 1.35 bits per heavy atom. The van der Waals surface area contributed by atoms with Crippen molar-refractivity contribution in [2.45, 2.75) is 75.5 Å². The smallest absolute Gasteiger partial charge is 0.292 e. The van der Waals surface area contributed by atoms with E-state index in [0.29, 0.717) is 37.5 Å². The number of quaternary nitrogens is 2. The van der Waals surface area contributed by atoms with Crippen LogP contribution >= 0.6 is 0 Å². The molecule has 19 heteroatoms. The molecule has 8 atom stereocenters. The molecule has 16 nitrogen and oxygen atoms in total. The first-order valence-corrected chi connectivity index (χ1v) is 24.2. The van der Waals surface area contributed by atoms with E-state index in [9.17, 15) is 16.8 Å². The zero-order chi connectivity index (χ0) is 38.9. The topological polar surface area (TPSA) is 201 Å².